The third-order valence-electron chi connectivity index (χ3n) is 4.91. The van der Waals surface area contributed by atoms with Gasteiger partial charge in [-0.25, -0.2) is 0 Å². The van der Waals surface area contributed by atoms with Crippen molar-refractivity contribution in [3.63, 3.8) is 0 Å². The summed E-state index contributed by atoms with van der Waals surface area (Å²) in [7, 11) is 1.77. The Kier molecular flexibility index (Phi) is 28.0. The minimum Gasteiger partial charge on any atom is -0.508 e. The molecule has 49 heavy (non-hydrogen) atoms. The zero-order valence-electron chi connectivity index (χ0n) is 26.5. The van der Waals surface area contributed by atoms with Crippen molar-refractivity contribution in [2.45, 2.75) is 13.8 Å². The van der Waals surface area contributed by atoms with Gasteiger partial charge in [0.05, 0.1) is 14.2 Å². The number of carbonyl (C=O) groups is 4. The number of hydrogen-bond donors (Lipinski definition) is 5. The summed E-state index contributed by atoms with van der Waals surface area (Å²) in [6, 6.07) is 23.6. The van der Waals surface area contributed by atoms with Crippen LogP contribution in [0, 0.1) is 0 Å². The van der Waals surface area contributed by atoms with Crippen LogP contribution in [-0.2, 0) is 26.7 Å². The van der Waals surface area contributed by atoms with Crippen LogP contribution >= 0.6 is 31.9 Å². The number of rotatable bonds is 7. The summed E-state index contributed by atoms with van der Waals surface area (Å²) in [5.74, 6) is 1.21. The maximum absolute atomic E-state index is 10.8. The fraction of sp³-hybridized carbons (Fsp3) is 0.125. The van der Waals surface area contributed by atoms with Crippen molar-refractivity contribution in [3.05, 3.63) is 105 Å². The normalized spacial score (nSPS) is 8.65. The second kappa shape index (κ2) is 27.8. The molecule has 0 aliphatic rings. The third kappa shape index (κ3) is 23.0. The topological polar surface area (TPSA) is 197 Å². The molecule has 4 aromatic rings. The predicted molar refractivity (Wildman–Crippen MR) is 189 cm³/mol. The van der Waals surface area contributed by atoms with Gasteiger partial charge in [-0.05, 0) is 78.3 Å². The van der Waals surface area contributed by atoms with Gasteiger partial charge in [0, 0.05) is 59.4 Å². The molecular formula is C32H33B2Br2CuO12. The molecule has 4 radical (unpaired) electrons. The van der Waals surface area contributed by atoms with Crippen LogP contribution in [0.25, 0.3) is 0 Å². The van der Waals surface area contributed by atoms with Gasteiger partial charge in [0.15, 0.2) is 12.6 Å². The zero-order valence-corrected chi connectivity index (χ0v) is 30.7. The Balaban J connectivity index is -0.000000594. The Hall–Kier alpha value is -4.11. The van der Waals surface area contributed by atoms with E-state index in [-0.39, 0.29) is 31.2 Å². The van der Waals surface area contributed by atoms with Gasteiger partial charge in [-0.2, -0.15) is 0 Å². The van der Waals surface area contributed by atoms with Crippen molar-refractivity contribution >= 4 is 77.4 Å². The number of phenolic OH excluding ortho intramolecular Hbond substituents is 1. The average Bonchev–Trinajstić information content (AvgIpc) is 3.03. The Morgan fingerprint density at radius 1 is 0.653 bits per heavy atom. The van der Waals surface area contributed by atoms with Crippen LogP contribution in [0.1, 0.15) is 34.6 Å². The molecule has 0 heterocycles. The zero-order chi connectivity index (χ0) is 35.9. The van der Waals surface area contributed by atoms with Crippen molar-refractivity contribution in [2.75, 3.05) is 14.2 Å². The van der Waals surface area contributed by atoms with E-state index in [0.29, 0.717) is 44.6 Å². The molecule has 0 saturated carbocycles. The van der Waals surface area contributed by atoms with Crippen LogP contribution in [0.5, 0.6) is 28.7 Å². The fourth-order valence-corrected chi connectivity index (χ4v) is 3.53. The molecule has 0 saturated heterocycles. The molecule has 0 amide bonds. The van der Waals surface area contributed by atoms with E-state index in [0.717, 1.165) is 30.4 Å². The summed E-state index contributed by atoms with van der Waals surface area (Å²) in [6.07, 6.45) is 1.47. The molecule has 0 aliphatic carbocycles. The first-order chi connectivity index (χ1) is 22.2. The summed E-state index contributed by atoms with van der Waals surface area (Å²) in [4.78, 5) is 39.1. The molecule has 0 atom stereocenters. The standard InChI is InChI=1S/C14H11BrO3.C7H9BO3.C7H5BrO2.2C2H4O2.B.Cu/c1-17-11-2-4-12(5-3-11)18-13-6-7-14(15)10(8-13)9-16;1-11-7-4-2-6(3-5-7)8(9)10;8-7-2-1-6(10)3-5(7)4-9;2*1-2(3)4;;/h2-9H,1H3;2-5,9-10H,1H3;1-4,10H;2*1H3,(H,3,4);;. The maximum atomic E-state index is 10.8. The van der Waals surface area contributed by atoms with Crippen LogP contribution < -0.4 is 19.7 Å². The second-order valence-electron chi connectivity index (χ2n) is 8.59. The van der Waals surface area contributed by atoms with E-state index >= 15 is 0 Å². The van der Waals surface area contributed by atoms with Gasteiger partial charge >= 0.3 is 7.12 Å². The first-order valence-electron chi connectivity index (χ1n) is 13.1. The number of carboxylic acids is 2. The van der Waals surface area contributed by atoms with Crippen molar-refractivity contribution in [3.8, 4) is 28.7 Å². The van der Waals surface area contributed by atoms with E-state index in [1.807, 2.05) is 24.3 Å². The number of halogens is 2. The second-order valence-corrected chi connectivity index (χ2v) is 10.3. The van der Waals surface area contributed by atoms with Gasteiger partial charge in [0.25, 0.3) is 11.9 Å². The Morgan fingerprint density at radius 3 is 1.37 bits per heavy atom. The number of hydrogen-bond acceptors (Lipinski definition) is 10. The molecule has 0 bridgehead atoms. The number of aldehydes is 2. The minimum atomic E-state index is -1.40. The molecule has 4 aromatic carbocycles. The van der Waals surface area contributed by atoms with E-state index in [1.165, 1.54) is 12.1 Å². The molecule has 0 unspecified atom stereocenters. The summed E-state index contributed by atoms with van der Waals surface area (Å²) in [5.41, 5.74) is 1.48. The van der Waals surface area contributed by atoms with Crippen LogP contribution in [0.15, 0.2) is 93.9 Å². The SMILES string of the molecule is CC(=O)O.CC(=O)O.COc1ccc(B(O)O)cc1.COc1ccc(Oc2ccc(Br)c(C=O)c2)cc1.O=Cc1cc(O)ccc1Br.[B].[Cu]. The van der Waals surface area contributed by atoms with Gasteiger partial charge in [-0.1, -0.05) is 44.0 Å². The van der Waals surface area contributed by atoms with E-state index in [4.69, 9.17) is 49.2 Å². The molecule has 0 aromatic heterocycles. The third-order valence-corrected chi connectivity index (χ3v) is 6.35. The molecule has 4 rings (SSSR count). The molecular weight excluding hydrogens is 821 g/mol. The number of benzene rings is 4. The summed E-state index contributed by atoms with van der Waals surface area (Å²) >= 11 is 6.44. The Morgan fingerprint density at radius 2 is 1.00 bits per heavy atom. The van der Waals surface area contributed by atoms with E-state index in [2.05, 4.69) is 31.9 Å². The quantitative estimate of drug-likeness (QED) is 0.121. The average molecular weight is 855 g/mol. The van der Waals surface area contributed by atoms with Gasteiger partial charge in [0.1, 0.15) is 28.7 Å². The maximum Gasteiger partial charge on any atom is 0.488 e. The van der Waals surface area contributed by atoms with E-state index in [9.17, 15) is 9.59 Å². The van der Waals surface area contributed by atoms with Gasteiger partial charge in [-0.15, -0.1) is 0 Å². The van der Waals surface area contributed by atoms with E-state index < -0.39 is 19.1 Å². The van der Waals surface area contributed by atoms with Crippen molar-refractivity contribution < 1.29 is 75.8 Å². The largest absolute Gasteiger partial charge is 0.508 e. The van der Waals surface area contributed by atoms with Crippen LogP contribution in [-0.4, -0.2) is 79.6 Å². The monoisotopic (exact) mass is 852 g/mol. The van der Waals surface area contributed by atoms with Crippen molar-refractivity contribution in [1.29, 1.82) is 0 Å². The number of aliphatic carboxylic acids is 2. The van der Waals surface area contributed by atoms with Gasteiger partial charge in [-0.3, -0.25) is 19.2 Å². The van der Waals surface area contributed by atoms with Crippen LogP contribution in [0.2, 0.25) is 0 Å². The molecule has 12 nitrogen and oxygen atoms in total. The van der Waals surface area contributed by atoms with Crippen LogP contribution in [0.4, 0.5) is 0 Å². The van der Waals surface area contributed by atoms with E-state index in [1.54, 1.807) is 62.8 Å². The fourth-order valence-electron chi connectivity index (χ4n) is 2.85. The molecule has 0 fully saturated rings. The number of methoxy groups -OCH3 is 2. The van der Waals surface area contributed by atoms with Gasteiger partial charge in [0.2, 0.25) is 0 Å². The minimum absolute atomic E-state index is 0. The van der Waals surface area contributed by atoms with Crippen molar-refractivity contribution in [1.82, 2.24) is 0 Å². The van der Waals surface area contributed by atoms with Crippen LogP contribution in [0.3, 0.4) is 0 Å². The number of ether oxygens (including phenoxy) is 3. The summed E-state index contributed by atoms with van der Waals surface area (Å²) in [6.45, 7) is 2.17. The number of carboxylic acid groups (broad SMARTS) is 2. The molecule has 0 aliphatic heterocycles. The molecule has 5 N–H and O–H groups in total. The number of aromatic hydroxyl groups is 1. The Labute approximate surface area is 313 Å². The molecule has 17 heteroatoms. The van der Waals surface area contributed by atoms with Gasteiger partial charge < -0.3 is 39.6 Å². The predicted octanol–water partition coefficient (Wildman–Crippen LogP) is 5.20. The molecule has 0 spiro atoms. The van der Waals surface area contributed by atoms with Crippen molar-refractivity contribution in [2.24, 2.45) is 0 Å². The summed E-state index contributed by atoms with van der Waals surface area (Å²) < 4.78 is 17.0. The number of carbonyl (C=O) groups excluding carboxylic acids is 2. The first-order valence-corrected chi connectivity index (χ1v) is 14.6. The molecule has 264 valence electrons. The Bertz CT molecular complexity index is 1540. The summed E-state index contributed by atoms with van der Waals surface area (Å²) in [5, 5.41) is 41.1. The number of phenols is 1. The smallest absolute Gasteiger partial charge is 0.488 e. The first kappa shape index (κ1) is 49.3.